The van der Waals surface area contributed by atoms with Crippen LogP contribution >= 0.6 is 23.2 Å². The standard InChI is InChI=1S/C21H21Cl2N5O4/c1-3-18-26-20(27-28(18)19-13(22)5-4-6-14(19)23)21(30)25-10-12-7-8-15(16(9-12)31-2)32-11-17(24)29/h4-9H,3,10-11H2,1-2H3,(H2,24,29)(H,25,30). The average Bonchev–Trinajstić information content (AvgIpc) is 3.20. The molecule has 0 fully saturated rings. The van der Waals surface area contributed by atoms with Crippen LogP contribution in [0.1, 0.15) is 28.9 Å². The van der Waals surface area contributed by atoms with Crippen LogP contribution in [-0.2, 0) is 17.8 Å². The van der Waals surface area contributed by atoms with Crippen molar-refractivity contribution in [2.75, 3.05) is 13.7 Å². The van der Waals surface area contributed by atoms with E-state index in [1.54, 1.807) is 36.4 Å². The quantitative estimate of drug-likeness (QED) is 0.488. The molecule has 0 aliphatic rings. The molecule has 0 aliphatic heterocycles. The number of rotatable bonds is 9. The Morgan fingerprint density at radius 2 is 1.88 bits per heavy atom. The number of halogens is 2. The highest BCUT2D eigenvalue weighted by atomic mass is 35.5. The Hall–Kier alpha value is -3.30. The summed E-state index contributed by atoms with van der Waals surface area (Å²) >= 11 is 12.6. The summed E-state index contributed by atoms with van der Waals surface area (Å²) in [6, 6.07) is 10.1. The minimum Gasteiger partial charge on any atom is -0.493 e. The number of nitrogens with one attached hydrogen (secondary N) is 1. The predicted molar refractivity (Wildman–Crippen MR) is 120 cm³/mol. The van der Waals surface area contributed by atoms with Crippen molar-refractivity contribution in [3.8, 4) is 17.2 Å². The number of carbonyl (C=O) groups excluding carboxylic acids is 2. The van der Waals surface area contributed by atoms with E-state index in [9.17, 15) is 9.59 Å². The van der Waals surface area contributed by atoms with Crippen LogP contribution in [0.15, 0.2) is 36.4 Å². The second-order valence-electron chi connectivity index (χ2n) is 6.61. The SMILES string of the molecule is CCc1nc(C(=O)NCc2ccc(OCC(N)=O)c(OC)c2)nn1-c1c(Cl)cccc1Cl. The fourth-order valence-corrected chi connectivity index (χ4v) is 3.45. The monoisotopic (exact) mass is 477 g/mol. The first kappa shape index (κ1) is 23.4. The van der Waals surface area contributed by atoms with E-state index in [1.807, 2.05) is 6.92 Å². The minimum atomic E-state index is -0.597. The average molecular weight is 478 g/mol. The van der Waals surface area contributed by atoms with Crippen molar-refractivity contribution in [1.82, 2.24) is 20.1 Å². The highest BCUT2D eigenvalue weighted by molar-refractivity contribution is 6.37. The third-order valence-electron chi connectivity index (χ3n) is 4.39. The highest BCUT2D eigenvalue weighted by Crippen LogP contribution is 2.29. The maximum Gasteiger partial charge on any atom is 0.291 e. The summed E-state index contributed by atoms with van der Waals surface area (Å²) in [5.41, 5.74) is 6.30. The van der Waals surface area contributed by atoms with E-state index < -0.39 is 11.8 Å². The van der Waals surface area contributed by atoms with E-state index in [1.165, 1.54) is 11.8 Å². The van der Waals surface area contributed by atoms with Crippen LogP contribution in [0.4, 0.5) is 0 Å². The number of ether oxygens (including phenoxy) is 2. The van der Waals surface area contributed by atoms with Crippen LogP contribution in [0.25, 0.3) is 5.69 Å². The number of hydrogen-bond donors (Lipinski definition) is 2. The molecule has 0 bridgehead atoms. The van der Waals surface area contributed by atoms with Gasteiger partial charge in [-0.3, -0.25) is 9.59 Å². The van der Waals surface area contributed by atoms with Crippen LogP contribution in [0, 0.1) is 0 Å². The van der Waals surface area contributed by atoms with Gasteiger partial charge in [-0.05, 0) is 29.8 Å². The van der Waals surface area contributed by atoms with Gasteiger partial charge in [0.15, 0.2) is 18.1 Å². The maximum absolute atomic E-state index is 12.7. The van der Waals surface area contributed by atoms with E-state index >= 15 is 0 Å². The van der Waals surface area contributed by atoms with Gasteiger partial charge in [-0.15, -0.1) is 5.10 Å². The molecule has 0 unspecified atom stereocenters. The number of nitrogens with two attached hydrogens (primary N) is 1. The number of hydrogen-bond acceptors (Lipinski definition) is 6. The Labute approximate surface area is 194 Å². The molecule has 0 saturated heterocycles. The first-order valence-electron chi connectivity index (χ1n) is 9.60. The molecule has 0 atom stereocenters. The molecule has 168 valence electrons. The number of aryl methyl sites for hydroxylation is 1. The molecule has 2 amide bonds. The van der Waals surface area contributed by atoms with Crippen molar-refractivity contribution in [3.63, 3.8) is 0 Å². The lowest BCUT2D eigenvalue weighted by Gasteiger charge is -2.11. The fourth-order valence-electron chi connectivity index (χ4n) is 2.89. The van der Waals surface area contributed by atoms with E-state index in [2.05, 4.69) is 15.4 Å². The topological polar surface area (TPSA) is 121 Å². The summed E-state index contributed by atoms with van der Waals surface area (Å²) in [5.74, 6) is 0.247. The lowest BCUT2D eigenvalue weighted by molar-refractivity contribution is -0.119. The van der Waals surface area contributed by atoms with Gasteiger partial charge in [-0.25, -0.2) is 9.67 Å². The Kier molecular flexibility index (Phi) is 7.55. The number of methoxy groups -OCH3 is 1. The van der Waals surface area contributed by atoms with E-state index in [4.69, 9.17) is 38.4 Å². The molecule has 0 spiro atoms. The Balaban J connectivity index is 1.76. The first-order chi connectivity index (χ1) is 15.3. The number of nitrogens with zero attached hydrogens (tertiary/aromatic N) is 3. The molecule has 0 saturated carbocycles. The van der Waals surface area contributed by atoms with Crippen molar-refractivity contribution < 1.29 is 19.1 Å². The van der Waals surface area contributed by atoms with Crippen LogP contribution in [-0.4, -0.2) is 40.3 Å². The summed E-state index contributed by atoms with van der Waals surface area (Å²) in [6.45, 7) is 1.81. The Morgan fingerprint density at radius 3 is 2.50 bits per heavy atom. The number of primary amides is 1. The van der Waals surface area contributed by atoms with Crippen molar-refractivity contribution in [3.05, 3.63) is 63.7 Å². The zero-order valence-electron chi connectivity index (χ0n) is 17.4. The van der Waals surface area contributed by atoms with Gasteiger partial charge in [-0.2, -0.15) is 0 Å². The molecule has 32 heavy (non-hydrogen) atoms. The molecule has 11 heteroatoms. The van der Waals surface area contributed by atoms with E-state index in [0.717, 1.165) is 5.56 Å². The second-order valence-corrected chi connectivity index (χ2v) is 7.42. The molecular weight excluding hydrogens is 457 g/mol. The molecule has 3 aromatic rings. The Bertz CT molecular complexity index is 1130. The molecule has 1 heterocycles. The number of aromatic nitrogens is 3. The third kappa shape index (κ3) is 5.30. The lowest BCUT2D eigenvalue weighted by Crippen LogP contribution is -2.24. The number of amides is 2. The predicted octanol–water partition coefficient (Wildman–Crippen LogP) is 2.94. The van der Waals surface area contributed by atoms with Crippen LogP contribution < -0.4 is 20.5 Å². The number of para-hydroxylation sites is 1. The molecule has 9 nitrogen and oxygen atoms in total. The normalized spacial score (nSPS) is 10.6. The maximum atomic E-state index is 12.7. The number of carbonyl (C=O) groups is 2. The van der Waals surface area contributed by atoms with Gasteiger partial charge < -0.3 is 20.5 Å². The summed E-state index contributed by atoms with van der Waals surface area (Å²) in [7, 11) is 1.47. The van der Waals surface area contributed by atoms with Crippen LogP contribution in [0.2, 0.25) is 10.0 Å². The zero-order chi connectivity index (χ0) is 23.3. The first-order valence-corrected chi connectivity index (χ1v) is 10.4. The summed E-state index contributed by atoms with van der Waals surface area (Å²) in [5, 5.41) is 7.87. The zero-order valence-corrected chi connectivity index (χ0v) is 18.9. The molecule has 0 radical (unpaired) electrons. The fraction of sp³-hybridized carbons (Fsp3) is 0.238. The van der Waals surface area contributed by atoms with Crippen molar-refractivity contribution in [2.45, 2.75) is 19.9 Å². The molecule has 3 rings (SSSR count). The van der Waals surface area contributed by atoms with Crippen molar-refractivity contribution in [1.29, 1.82) is 0 Å². The minimum absolute atomic E-state index is 0.00814. The van der Waals surface area contributed by atoms with Gasteiger partial charge in [0.25, 0.3) is 11.8 Å². The largest absolute Gasteiger partial charge is 0.493 e. The van der Waals surface area contributed by atoms with Crippen LogP contribution in [0.3, 0.4) is 0 Å². The smallest absolute Gasteiger partial charge is 0.291 e. The Morgan fingerprint density at radius 1 is 1.16 bits per heavy atom. The van der Waals surface area contributed by atoms with Crippen molar-refractivity contribution >= 4 is 35.0 Å². The van der Waals surface area contributed by atoms with E-state index in [0.29, 0.717) is 39.5 Å². The molecule has 1 aromatic heterocycles. The molecule has 2 aromatic carbocycles. The van der Waals surface area contributed by atoms with Gasteiger partial charge in [0, 0.05) is 13.0 Å². The van der Waals surface area contributed by atoms with Crippen molar-refractivity contribution in [2.24, 2.45) is 5.73 Å². The lowest BCUT2D eigenvalue weighted by atomic mass is 10.2. The molecule has 0 aliphatic carbocycles. The summed E-state index contributed by atoms with van der Waals surface area (Å²) in [6.07, 6.45) is 0.520. The summed E-state index contributed by atoms with van der Waals surface area (Å²) in [4.78, 5) is 27.9. The van der Waals surface area contributed by atoms with E-state index in [-0.39, 0.29) is 19.0 Å². The van der Waals surface area contributed by atoms with Gasteiger partial charge >= 0.3 is 0 Å². The second kappa shape index (κ2) is 10.3. The highest BCUT2D eigenvalue weighted by Gasteiger charge is 2.19. The van der Waals surface area contributed by atoms with Gasteiger partial charge in [0.2, 0.25) is 5.82 Å². The van der Waals surface area contributed by atoms with Gasteiger partial charge in [-0.1, -0.05) is 42.3 Å². The summed E-state index contributed by atoms with van der Waals surface area (Å²) < 4.78 is 12.0. The van der Waals surface area contributed by atoms with Crippen LogP contribution in [0.5, 0.6) is 11.5 Å². The van der Waals surface area contributed by atoms with Gasteiger partial charge in [0.05, 0.1) is 17.2 Å². The van der Waals surface area contributed by atoms with Gasteiger partial charge in [0.1, 0.15) is 11.5 Å². The number of benzene rings is 2. The molecular formula is C21H21Cl2N5O4. The molecule has 3 N–H and O–H groups in total. The third-order valence-corrected chi connectivity index (χ3v) is 5.00.